The molecule has 10 heteroatoms. The Hall–Kier alpha value is -15.2. The standard InChI is InChI=1S/C58H40N4S.C53H32N4S/c1-58(2)47-26-15-14-25-45(47)54-48(58)27-16-28-49(54)62(42-32-29-38(30-33-42)37-17-6-3-7-18-37)50-36-52-53(44-24-13-12-23-43(44)50)46-34-31-41(35-51(46)63-52)57-60-55(39-19-8-4-9-20-39)59-56(61-57)40-21-10-5-11-22-40;1-3-14-34(15-4-1)51-54-52(37-24-23-33-13-7-8-16-35(33)29-37)56-53(55-51)38-25-27-43-48(31-38)58-49-32-44(40-19-9-10-21-42(40)50(43)49)36-26-28-47-45(30-36)41-20-11-12-22-46(41)57(47)39-17-5-2-6-18-39/h3-36H,1-2H3;1-32H. The second-order valence-electron chi connectivity index (χ2n) is 31.6. The summed E-state index contributed by atoms with van der Waals surface area (Å²) in [5, 5.41) is 14.8. The first-order valence-electron chi connectivity index (χ1n) is 41.0. The second-order valence-corrected chi connectivity index (χ2v) is 33.8. The summed E-state index contributed by atoms with van der Waals surface area (Å²) in [5.74, 6) is 3.93. The maximum absolute atomic E-state index is 5.12. The largest absolute Gasteiger partial charge is 0.309 e. The number of aromatic nitrogens is 7. The van der Waals surface area contributed by atoms with Gasteiger partial charge >= 0.3 is 0 Å². The first-order valence-corrected chi connectivity index (χ1v) is 42.6. The Labute approximate surface area is 706 Å². The van der Waals surface area contributed by atoms with E-state index >= 15 is 0 Å². The van der Waals surface area contributed by atoms with Gasteiger partial charge in [0, 0.05) is 112 Å². The predicted molar refractivity (Wildman–Crippen MR) is 508 cm³/mol. The third kappa shape index (κ3) is 12.3. The minimum Gasteiger partial charge on any atom is -0.309 e. The minimum atomic E-state index is -0.137. The molecule has 5 heterocycles. The van der Waals surface area contributed by atoms with E-state index in [-0.39, 0.29) is 5.41 Å². The summed E-state index contributed by atoms with van der Waals surface area (Å²) >= 11 is 3.65. The fourth-order valence-corrected chi connectivity index (χ4v) is 20.7. The molecule has 0 saturated carbocycles. The van der Waals surface area contributed by atoms with E-state index in [1.54, 1.807) is 0 Å². The molecule has 1 aliphatic rings. The number of rotatable bonds is 12. The fraction of sp³-hybridized carbons (Fsp3) is 0.0270. The van der Waals surface area contributed by atoms with Crippen molar-refractivity contribution in [2.24, 2.45) is 0 Å². The monoisotopic (exact) mass is 1580 g/mol. The number of anilines is 3. The van der Waals surface area contributed by atoms with Crippen LogP contribution in [0, 0.1) is 0 Å². The summed E-state index contributed by atoms with van der Waals surface area (Å²) in [6.07, 6.45) is 0. The Morgan fingerprint density at radius 1 is 0.248 bits per heavy atom. The third-order valence-corrected chi connectivity index (χ3v) is 26.3. The van der Waals surface area contributed by atoms with Crippen LogP contribution in [0.5, 0.6) is 0 Å². The van der Waals surface area contributed by atoms with E-state index < -0.39 is 0 Å². The van der Waals surface area contributed by atoms with Crippen LogP contribution in [-0.2, 0) is 5.41 Å². The highest BCUT2D eigenvalue weighted by atomic mass is 32.1. The number of hydrogen-bond donors (Lipinski definition) is 0. The first kappa shape index (κ1) is 71.1. The Morgan fingerprint density at radius 2 is 0.678 bits per heavy atom. The molecule has 0 saturated heterocycles. The quantitative estimate of drug-likeness (QED) is 0.120. The second kappa shape index (κ2) is 29.2. The Bertz CT molecular complexity index is 7980. The fourth-order valence-electron chi connectivity index (χ4n) is 18.3. The molecule has 5 aromatic heterocycles. The summed E-state index contributed by atoms with van der Waals surface area (Å²) in [5.41, 5.74) is 22.7. The molecule has 18 aromatic carbocycles. The highest BCUT2D eigenvalue weighted by molar-refractivity contribution is 7.26. The van der Waals surface area contributed by atoms with Crippen molar-refractivity contribution in [3.8, 4) is 107 Å². The van der Waals surface area contributed by atoms with Crippen molar-refractivity contribution >= 4 is 134 Å². The minimum absolute atomic E-state index is 0.137. The molecule has 0 aliphatic heterocycles. The number of benzene rings is 18. The predicted octanol–water partition coefficient (Wildman–Crippen LogP) is 30.1. The van der Waals surface area contributed by atoms with Gasteiger partial charge in [-0.3, -0.25) is 0 Å². The van der Waals surface area contributed by atoms with E-state index in [4.69, 9.17) is 29.9 Å². The maximum Gasteiger partial charge on any atom is 0.164 e. The van der Waals surface area contributed by atoms with Crippen molar-refractivity contribution in [2.45, 2.75) is 19.3 Å². The van der Waals surface area contributed by atoms with Gasteiger partial charge in [0.2, 0.25) is 0 Å². The molecule has 24 rings (SSSR count). The summed E-state index contributed by atoms with van der Waals surface area (Å²) in [4.78, 5) is 32.8. The van der Waals surface area contributed by atoms with Crippen molar-refractivity contribution in [3.05, 3.63) is 412 Å². The maximum atomic E-state index is 5.12. The van der Waals surface area contributed by atoms with Gasteiger partial charge in [-0.2, -0.15) is 0 Å². The van der Waals surface area contributed by atoms with Gasteiger partial charge in [-0.1, -0.05) is 335 Å². The summed E-state index contributed by atoms with van der Waals surface area (Å²) in [7, 11) is 0. The first-order chi connectivity index (χ1) is 59.7. The molecule has 23 aromatic rings. The molecule has 0 amide bonds. The zero-order valence-electron chi connectivity index (χ0n) is 66.0. The molecule has 0 radical (unpaired) electrons. The highest BCUT2D eigenvalue weighted by Gasteiger charge is 2.38. The van der Waals surface area contributed by atoms with Crippen molar-refractivity contribution in [1.29, 1.82) is 0 Å². The molecule has 0 spiro atoms. The smallest absolute Gasteiger partial charge is 0.164 e. The molecule has 1 aliphatic carbocycles. The van der Waals surface area contributed by atoms with Crippen LogP contribution >= 0.6 is 22.7 Å². The number of fused-ring (bicyclic) bond motifs is 17. The van der Waals surface area contributed by atoms with Gasteiger partial charge in [-0.25, -0.2) is 29.9 Å². The molecule has 8 nitrogen and oxygen atoms in total. The lowest BCUT2D eigenvalue weighted by Crippen LogP contribution is -2.16. The molecule has 0 bridgehead atoms. The number of nitrogens with zero attached hydrogens (tertiary/aromatic N) is 8. The Balaban J connectivity index is 0.000000141. The van der Waals surface area contributed by atoms with Crippen LogP contribution in [0.15, 0.2) is 400 Å². The number of hydrogen-bond acceptors (Lipinski definition) is 9. The van der Waals surface area contributed by atoms with Crippen LogP contribution in [0.1, 0.15) is 25.0 Å². The van der Waals surface area contributed by atoms with Crippen LogP contribution < -0.4 is 4.90 Å². The average Bonchev–Trinajstić information content (AvgIpc) is 1.59. The highest BCUT2D eigenvalue weighted by Crippen LogP contribution is 2.56. The van der Waals surface area contributed by atoms with Crippen molar-refractivity contribution in [3.63, 3.8) is 0 Å². The van der Waals surface area contributed by atoms with Crippen LogP contribution in [0.25, 0.3) is 202 Å². The zero-order valence-corrected chi connectivity index (χ0v) is 67.6. The Kier molecular flexibility index (Phi) is 17.1. The van der Waals surface area contributed by atoms with Crippen LogP contribution in [0.4, 0.5) is 17.1 Å². The van der Waals surface area contributed by atoms with E-state index in [1.807, 2.05) is 77.3 Å². The van der Waals surface area contributed by atoms with Gasteiger partial charge in [0.1, 0.15) is 0 Å². The lowest BCUT2D eigenvalue weighted by Gasteiger charge is -2.30. The normalized spacial score (nSPS) is 12.3. The Morgan fingerprint density at radius 3 is 1.28 bits per heavy atom. The average molecular weight is 1580 g/mol. The topological polar surface area (TPSA) is 85.5 Å². The molecule has 0 N–H and O–H groups in total. The van der Waals surface area contributed by atoms with Gasteiger partial charge in [-0.15, -0.1) is 22.7 Å². The van der Waals surface area contributed by atoms with Crippen molar-refractivity contribution in [1.82, 2.24) is 34.5 Å². The molecule has 0 unspecified atom stereocenters. The SMILES string of the molecule is CC1(C)c2ccccc2-c2c(N(c3ccc(-c4ccccc4)cc3)c3cc4sc5cc(-c6nc(-c7ccccc7)nc(-c7ccccc7)n6)ccc5c4c4ccccc34)cccc21.c1ccc(-c2nc(-c3ccc4ccccc4c3)nc(-c3ccc4c(c3)sc3cc(-c5ccc6c(c5)c5ccccc5n6-c5ccccc5)c5ccccc5c34)n2)cc1. The van der Waals surface area contributed by atoms with E-state index in [0.29, 0.717) is 34.9 Å². The van der Waals surface area contributed by atoms with E-state index in [9.17, 15) is 0 Å². The summed E-state index contributed by atoms with van der Waals surface area (Å²) in [6, 6.07) is 143. The van der Waals surface area contributed by atoms with Crippen LogP contribution in [-0.4, -0.2) is 34.5 Å². The summed E-state index contributed by atoms with van der Waals surface area (Å²) in [6.45, 7) is 4.71. The summed E-state index contributed by atoms with van der Waals surface area (Å²) < 4.78 is 7.23. The number of para-hydroxylation sites is 2. The molecule has 0 fully saturated rings. The van der Waals surface area contributed by atoms with E-state index in [2.05, 4.69) is 369 Å². The van der Waals surface area contributed by atoms with E-state index in [1.165, 1.54) is 139 Å². The van der Waals surface area contributed by atoms with Crippen LogP contribution in [0.3, 0.4) is 0 Å². The van der Waals surface area contributed by atoms with Gasteiger partial charge < -0.3 is 9.47 Å². The van der Waals surface area contributed by atoms with Gasteiger partial charge in [0.05, 0.1) is 22.4 Å². The van der Waals surface area contributed by atoms with Crippen molar-refractivity contribution in [2.75, 3.05) is 4.90 Å². The van der Waals surface area contributed by atoms with Crippen molar-refractivity contribution < 1.29 is 0 Å². The van der Waals surface area contributed by atoms with Gasteiger partial charge in [-0.05, 0) is 145 Å². The lowest BCUT2D eigenvalue weighted by molar-refractivity contribution is 0.660. The lowest BCUT2D eigenvalue weighted by atomic mass is 9.82. The molecular weight excluding hydrogens is 1510 g/mol. The third-order valence-electron chi connectivity index (χ3n) is 24.1. The van der Waals surface area contributed by atoms with Crippen LogP contribution in [0.2, 0.25) is 0 Å². The molecule has 0 atom stereocenters. The van der Waals surface area contributed by atoms with E-state index in [0.717, 1.165) is 55.8 Å². The molecular formula is C111H72N8S2. The van der Waals surface area contributed by atoms with Gasteiger partial charge in [0.15, 0.2) is 34.9 Å². The molecule has 568 valence electrons. The van der Waals surface area contributed by atoms with Gasteiger partial charge in [0.25, 0.3) is 0 Å². The number of thiophene rings is 2. The zero-order chi connectivity index (χ0) is 80.2. The molecule has 121 heavy (non-hydrogen) atoms.